The topological polar surface area (TPSA) is 21.3 Å². The summed E-state index contributed by atoms with van der Waals surface area (Å²) in [6, 6.07) is 12.3. The van der Waals surface area contributed by atoms with Crippen molar-refractivity contribution >= 4 is 27.5 Å². The summed E-state index contributed by atoms with van der Waals surface area (Å²) in [4.78, 5) is 0. The average Bonchev–Trinajstić information content (AvgIpc) is 2.71. The van der Waals surface area contributed by atoms with Crippen LogP contribution in [0, 0.1) is 0 Å². The van der Waals surface area contributed by atoms with Crippen LogP contribution in [-0.2, 0) is 6.42 Å². The zero-order chi connectivity index (χ0) is 14.8. The van der Waals surface area contributed by atoms with Crippen LogP contribution in [-0.4, -0.2) is 20.2 Å². The fraction of sp³-hybridized carbons (Fsp3) is 0.294. The van der Waals surface area contributed by atoms with Gasteiger partial charge in [0, 0.05) is 22.0 Å². The van der Waals surface area contributed by atoms with Gasteiger partial charge in [0.2, 0.25) is 0 Å². The Balaban J connectivity index is 2.11. The van der Waals surface area contributed by atoms with Gasteiger partial charge in [0.25, 0.3) is 0 Å². The Kier molecular flexibility index (Phi) is 4.53. The Labute approximate surface area is 138 Å². The molecule has 21 heavy (non-hydrogen) atoms. The molecule has 1 heterocycles. The fourth-order valence-electron chi connectivity index (χ4n) is 2.89. The van der Waals surface area contributed by atoms with E-state index in [9.17, 15) is 0 Å². The first-order valence-corrected chi connectivity index (χ1v) is 8.18. The molecule has 1 atom stereocenters. The highest BCUT2D eigenvalue weighted by Crippen LogP contribution is 2.36. The maximum Gasteiger partial charge on any atom is 0.120 e. The normalized spacial score (nSPS) is 18.0. The third-order valence-corrected chi connectivity index (χ3v) is 4.95. The van der Waals surface area contributed by atoms with E-state index >= 15 is 0 Å². The summed E-state index contributed by atoms with van der Waals surface area (Å²) in [5, 5.41) is 4.30. The van der Waals surface area contributed by atoms with Crippen LogP contribution in [0.25, 0.3) is 0 Å². The Bertz CT molecular complexity index is 642. The molecule has 110 valence electrons. The minimum absolute atomic E-state index is 0.311. The van der Waals surface area contributed by atoms with Crippen molar-refractivity contribution < 1.29 is 4.74 Å². The van der Waals surface area contributed by atoms with Gasteiger partial charge in [0.1, 0.15) is 5.75 Å². The molecule has 0 spiro atoms. The molecular formula is C17H17BrClNO. The van der Waals surface area contributed by atoms with Crippen molar-refractivity contribution in [3.8, 4) is 5.75 Å². The van der Waals surface area contributed by atoms with E-state index < -0.39 is 0 Å². The van der Waals surface area contributed by atoms with Crippen LogP contribution in [0.5, 0.6) is 5.75 Å². The van der Waals surface area contributed by atoms with E-state index in [0.29, 0.717) is 5.92 Å². The van der Waals surface area contributed by atoms with Crippen molar-refractivity contribution in [1.82, 2.24) is 5.32 Å². The molecule has 1 aliphatic heterocycles. The van der Waals surface area contributed by atoms with E-state index in [1.807, 2.05) is 18.2 Å². The molecule has 1 aliphatic rings. The van der Waals surface area contributed by atoms with E-state index in [1.165, 1.54) is 16.7 Å². The lowest BCUT2D eigenvalue weighted by Crippen LogP contribution is -2.20. The van der Waals surface area contributed by atoms with Crippen LogP contribution in [0.2, 0.25) is 5.02 Å². The molecule has 0 saturated heterocycles. The molecular weight excluding hydrogens is 350 g/mol. The second kappa shape index (κ2) is 6.39. The number of hydrogen-bond acceptors (Lipinski definition) is 2. The molecule has 0 aromatic heterocycles. The number of fused-ring (bicyclic) bond motifs is 1. The van der Waals surface area contributed by atoms with E-state index in [1.54, 1.807) is 7.11 Å². The van der Waals surface area contributed by atoms with Gasteiger partial charge in [-0.3, -0.25) is 0 Å². The summed E-state index contributed by atoms with van der Waals surface area (Å²) in [6.07, 6.45) is 1.02. The molecule has 2 aromatic rings. The summed E-state index contributed by atoms with van der Waals surface area (Å²) in [6.45, 7) is 1.91. The number of ether oxygens (including phenoxy) is 1. The Hall–Kier alpha value is -1.03. The quantitative estimate of drug-likeness (QED) is 0.851. The van der Waals surface area contributed by atoms with Gasteiger partial charge >= 0.3 is 0 Å². The molecule has 2 nitrogen and oxygen atoms in total. The number of rotatable bonds is 2. The van der Waals surface area contributed by atoms with E-state index in [4.69, 9.17) is 16.3 Å². The molecule has 0 saturated carbocycles. The summed E-state index contributed by atoms with van der Waals surface area (Å²) in [7, 11) is 1.71. The second-order valence-electron chi connectivity index (χ2n) is 5.24. The predicted molar refractivity (Wildman–Crippen MR) is 90.6 cm³/mol. The van der Waals surface area contributed by atoms with Crippen molar-refractivity contribution in [3.63, 3.8) is 0 Å². The van der Waals surface area contributed by atoms with Crippen LogP contribution in [0.4, 0.5) is 0 Å². The lowest BCUT2D eigenvalue weighted by atomic mass is 9.88. The molecule has 0 aliphatic carbocycles. The number of nitrogens with one attached hydrogen (secondary N) is 1. The first-order valence-electron chi connectivity index (χ1n) is 7.01. The number of methoxy groups -OCH3 is 1. The maximum absolute atomic E-state index is 6.01. The maximum atomic E-state index is 6.01. The Morgan fingerprint density at radius 1 is 1.24 bits per heavy atom. The zero-order valence-corrected chi connectivity index (χ0v) is 14.2. The van der Waals surface area contributed by atoms with Gasteiger partial charge in [-0.05, 0) is 53.9 Å². The van der Waals surface area contributed by atoms with Crippen molar-refractivity contribution in [2.24, 2.45) is 0 Å². The Morgan fingerprint density at radius 3 is 2.71 bits per heavy atom. The molecule has 0 fully saturated rings. The highest BCUT2D eigenvalue weighted by molar-refractivity contribution is 9.10. The smallest absolute Gasteiger partial charge is 0.120 e. The monoisotopic (exact) mass is 365 g/mol. The van der Waals surface area contributed by atoms with Crippen LogP contribution in [0.15, 0.2) is 40.9 Å². The van der Waals surface area contributed by atoms with E-state index in [2.05, 4.69) is 39.4 Å². The van der Waals surface area contributed by atoms with Crippen molar-refractivity contribution in [1.29, 1.82) is 0 Å². The van der Waals surface area contributed by atoms with Gasteiger partial charge in [0.05, 0.1) is 7.11 Å². The van der Waals surface area contributed by atoms with Crippen LogP contribution in [0.1, 0.15) is 22.6 Å². The molecule has 0 radical (unpaired) electrons. The minimum atomic E-state index is 0.311. The van der Waals surface area contributed by atoms with E-state index in [-0.39, 0.29) is 0 Å². The third-order valence-electron chi connectivity index (χ3n) is 3.99. The SMILES string of the molecule is COc1cc(Br)c2c(c1)C(c1ccc(Cl)cc1)CNCC2. The highest BCUT2D eigenvalue weighted by Gasteiger charge is 2.22. The molecule has 2 aromatic carbocycles. The van der Waals surface area contributed by atoms with Gasteiger partial charge in [-0.25, -0.2) is 0 Å². The van der Waals surface area contributed by atoms with E-state index in [0.717, 1.165) is 34.8 Å². The van der Waals surface area contributed by atoms with Crippen molar-refractivity contribution in [2.75, 3.05) is 20.2 Å². The number of benzene rings is 2. The molecule has 0 bridgehead atoms. The molecule has 1 unspecified atom stereocenters. The average molecular weight is 367 g/mol. The standard InChI is InChI=1S/C17H17BrClNO/c1-21-13-8-15-14(17(18)9-13)6-7-20-10-16(15)11-2-4-12(19)5-3-11/h2-5,8-9,16,20H,6-7,10H2,1H3. The van der Waals surface area contributed by atoms with Gasteiger partial charge in [-0.15, -0.1) is 0 Å². The lowest BCUT2D eigenvalue weighted by molar-refractivity contribution is 0.413. The van der Waals surface area contributed by atoms with Gasteiger partial charge in [-0.2, -0.15) is 0 Å². The second-order valence-corrected chi connectivity index (χ2v) is 6.53. The third kappa shape index (κ3) is 3.10. The summed E-state index contributed by atoms with van der Waals surface area (Å²) in [5.41, 5.74) is 3.96. The summed E-state index contributed by atoms with van der Waals surface area (Å²) < 4.78 is 6.56. The summed E-state index contributed by atoms with van der Waals surface area (Å²) in [5.74, 6) is 1.20. The Morgan fingerprint density at radius 2 is 2.00 bits per heavy atom. The highest BCUT2D eigenvalue weighted by atomic mass is 79.9. The zero-order valence-electron chi connectivity index (χ0n) is 11.8. The van der Waals surface area contributed by atoms with Crippen molar-refractivity contribution in [2.45, 2.75) is 12.3 Å². The first-order chi connectivity index (χ1) is 10.2. The fourth-order valence-corrected chi connectivity index (χ4v) is 3.67. The molecule has 4 heteroatoms. The summed E-state index contributed by atoms with van der Waals surface area (Å²) >= 11 is 9.70. The van der Waals surface area contributed by atoms with Crippen LogP contribution < -0.4 is 10.1 Å². The van der Waals surface area contributed by atoms with Gasteiger partial charge in [-0.1, -0.05) is 39.7 Å². The minimum Gasteiger partial charge on any atom is -0.497 e. The first kappa shape index (κ1) is 14.9. The molecule has 3 rings (SSSR count). The van der Waals surface area contributed by atoms with Crippen LogP contribution >= 0.6 is 27.5 Å². The molecule has 1 N–H and O–H groups in total. The number of halogens is 2. The van der Waals surface area contributed by atoms with Gasteiger partial charge in [0.15, 0.2) is 0 Å². The van der Waals surface area contributed by atoms with Crippen LogP contribution in [0.3, 0.4) is 0 Å². The predicted octanol–water partition coefficient (Wildman–Crippen LogP) is 4.39. The lowest BCUT2D eigenvalue weighted by Gasteiger charge is -2.20. The largest absolute Gasteiger partial charge is 0.497 e. The molecule has 0 amide bonds. The van der Waals surface area contributed by atoms with Crippen molar-refractivity contribution in [3.05, 3.63) is 62.6 Å². The van der Waals surface area contributed by atoms with Gasteiger partial charge < -0.3 is 10.1 Å². The number of hydrogen-bond donors (Lipinski definition) is 1.